The Morgan fingerprint density at radius 1 is 1.53 bits per heavy atom. The summed E-state index contributed by atoms with van der Waals surface area (Å²) in [5.74, 6) is -0.364. The van der Waals surface area contributed by atoms with Crippen molar-refractivity contribution in [3.63, 3.8) is 0 Å². The maximum Gasteiger partial charge on any atom is 0.404 e. The first-order valence-electron chi connectivity index (χ1n) is 5.70. The number of aryl methyl sites for hydroxylation is 1. The number of nitrogens with one attached hydrogen (secondary N) is 1. The molecule has 2 rings (SSSR count). The first-order valence-corrected chi connectivity index (χ1v) is 6.08. The van der Waals surface area contributed by atoms with E-state index < -0.39 is 6.09 Å². The lowest BCUT2D eigenvalue weighted by Crippen LogP contribution is -2.23. The van der Waals surface area contributed by atoms with Crippen LogP contribution in [0.4, 0.5) is 9.18 Å². The minimum Gasteiger partial charge on any atom is -0.465 e. The van der Waals surface area contributed by atoms with Crippen molar-refractivity contribution in [3.8, 4) is 0 Å². The quantitative estimate of drug-likeness (QED) is 0.850. The Labute approximate surface area is 114 Å². The summed E-state index contributed by atoms with van der Waals surface area (Å²) >= 11 is 6.03. The van der Waals surface area contributed by atoms with Crippen molar-refractivity contribution in [2.24, 2.45) is 0 Å². The number of halogens is 2. The summed E-state index contributed by atoms with van der Waals surface area (Å²) in [6.07, 6.45) is -0.742. The van der Waals surface area contributed by atoms with Crippen molar-refractivity contribution in [3.05, 3.63) is 40.3 Å². The molecule has 0 radical (unpaired) electrons. The lowest BCUT2D eigenvalue weighted by Gasteiger charge is -2.08. The van der Waals surface area contributed by atoms with Gasteiger partial charge in [-0.05, 0) is 36.6 Å². The summed E-state index contributed by atoms with van der Waals surface area (Å²) in [6, 6.07) is 4.65. The number of hydrogen-bond donors (Lipinski definition) is 2. The number of pyridine rings is 1. The van der Waals surface area contributed by atoms with Crippen molar-refractivity contribution >= 4 is 28.6 Å². The number of carbonyl (C=O) groups is 1. The van der Waals surface area contributed by atoms with Crippen LogP contribution in [0.3, 0.4) is 0 Å². The standard InChI is InChI=1S/C13H12ClFN2O2/c1-7-2-3-10(15)9-6-8(4-5-16-13(18)19)12(14)17-11(7)9/h2-3,6,16H,4-5H2,1H3,(H,18,19). The molecule has 6 heteroatoms. The zero-order chi connectivity index (χ0) is 14.0. The predicted molar refractivity (Wildman–Crippen MR) is 71.2 cm³/mol. The summed E-state index contributed by atoms with van der Waals surface area (Å²) in [7, 11) is 0. The topological polar surface area (TPSA) is 62.2 Å². The van der Waals surface area contributed by atoms with Crippen molar-refractivity contribution in [2.75, 3.05) is 6.54 Å². The van der Waals surface area contributed by atoms with Crippen LogP contribution in [-0.2, 0) is 6.42 Å². The zero-order valence-electron chi connectivity index (χ0n) is 10.2. The SMILES string of the molecule is Cc1ccc(F)c2cc(CCNC(=O)O)c(Cl)nc12. The Hall–Kier alpha value is -1.88. The third-order valence-electron chi connectivity index (χ3n) is 2.83. The van der Waals surface area contributed by atoms with E-state index in [4.69, 9.17) is 16.7 Å². The average molecular weight is 283 g/mol. The highest BCUT2D eigenvalue weighted by atomic mass is 35.5. The van der Waals surface area contributed by atoms with Crippen molar-refractivity contribution in [1.29, 1.82) is 0 Å². The van der Waals surface area contributed by atoms with Crippen LogP contribution in [0.5, 0.6) is 0 Å². The molecule has 1 aromatic heterocycles. The third-order valence-corrected chi connectivity index (χ3v) is 3.16. The molecule has 0 atom stereocenters. The summed E-state index contributed by atoms with van der Waals surface area (Å²) < 4.78 is 13.7. The molecule has 0 aliphatic rings. The molecule has 0 spiro atoms. The normalized spacial score (nSPS) is 10.7. The second-order valence-corrected chi connectivity index (χ2v) is 4.54. The van der Waals surface area contributed by atoms with Gasteiger partial charge in [-0.15, -0.1) is 0 Å². The van der Waals surface area contributed by atoms with Gasteiger partial charge in [-0.25, -0.2) is 14.2 Å². The van der Waals surface area contributed by atoms with E-state index in [1.807, 2.05) is 6.92 Å². The molecule has 2 aromatic rings. The van der Waals surface area contributed by atoms with Gasteiger partial charge in [0, 0.05) is 11.9 Å². The van der Waals surface area contributed by atoms with E-state index in [1.54, 1.807) is 12.1 Å². The van der Waals surface area contributed by atoms with Gasteiger partial charge in [0.2, 0.25) is 0 Å². The summed E-state index contributed by atoms with van der Waals surface area (Å²) in [5.41, 5.74) is 1.99. The van der Waals surface area contributed by atoms with Crippen molar-refractivity contribution in [2.45, 2.75) is 13.3 Å². The molecular formula is C13H12ClFN2O2. The number of fused-ring (bicyclic) bond motifs is 1. The molecule has 1 heterocycles. The maximum absolute atomic E-state index is 13.7. The van der Waals surface area contributed by atoms with E-state index >= 15 is 0 Å². The van der Waals surface area contributed by atoms with Gasteiger partial charge in [-0.2, -0.15) is 0 Å². The van der Waals surface area contributed by atoms with Gasteiger partial charge in [0.15, 0.2) is 0 Å². The fourth-order valence-corrected chi connectivity index (χ4v) is 2.09. The number of aromatic nitrogens is 1. The smallest absolute Gasteiger partial charge is 0.404 e. The van der Waals surface area contributed by atoms with Crippen molar-refractivity contribution in [1.82, 2.24) is 10.3 Å². The van der Waals surface area contributed by atoms with E-state index in [0.717, 1.165) is 5.56 Å². The number of hydrogen-bond acceptors (Lipinski definition) is 2. The predicted octanol–water partition coefficient (Wildman–Crippen LogP) is 3.15. The zero-order valence-corrected chi connectivity index (χ0v) is 11.0. The summed E-state index contributed by atoms with van der Waals surface area (Å²) in [4.78, 5) is 14.5. The van der Waals surface area contributed by atoms with E-state index in [9.17, 15) is 9.18 Å². The monoisotopic (exact) mass is 282 g/mol. The molecule has 0 saturated carbocycles. The minimum atomic E-state index is -1.10. The van der Waals surface area contributed by atoms with Gasteiger partial charge in [0.25, 0.3) is 0 Å². The Bertz CT molecular complexity index is 646. The highest BCUT2D eigenvalue weighted by molar-refractivity contribution is 6.30. The summed E-state index contributed by atoms with van der Waals surface area (Å²) in [5, 5.41) is 11.4. The van der Waals surface area contributed by atoms with E-state index in [1.165, 1.54) is 6.07 Å². The highest BCUT2D eigenvalue weighted by Gasteiger charge is 2.10. The van der Waals surface area contributed by atoms with Crippen LogP contribution in [0.1, 0.15) is 11.1 Å². The largest absolute Gasteiger partial charge is 0.465 e. The Balaban J connectivity index is 2.38. The third kappa shape index (κ3) is 2.93. The molecule has 4 nitrogen and oxygen atoms in total. The van der Waals surface area contributed by atoms with E-state index in [0.29, 0.717) is 22.9 Å². The molecule has 1 amide bonds. The fraction of sp³-hybridized carbons (Fsp3) is 0.231. The maximum atomic E-state index is 13.7. The molecule has 2 N–H and O–H groups in total. The molecule has 0 fully saturated rings. The van der Waals surface area contributed by atoms with Gasteiger partial charge in [0.05, 0.1) is 5.52 Å². The average Bonchev–Trinajstić information content (AvgIpc) is 2.35. The second-order valence-electron chi connectivity index (χ2n) is 4.18. The molecule has 0 unspecified atom stereocenters. The molecule has 1 aromatic carbocycles. The van der Waals surface area contributed by atoms with E-state index in [2.05, 4.69) is 10.3 Å². The first-order chi connectivity index (χ1) is 8.99. The van der Waals surface area contributed by atoms with Gasteiger partial charge in [-0.3, -0.25) is 0 Å². The second kappa shape index (κ2) is 5.40. The Kier molecular flexibility index (Phi) is 3.85. The molecular weight excluding hydrogens is 271 g/mol. The number of rotatable bonds is 3. The van der Waals surface area contributed by atoms with Crippen LogP contribution in [0.2, 0.25) is 5.15 Å². The fourth-order valence-electron chi connectivity index (χ4n) is 1.86. The van der Waals surface area contributed by atoms with Crippen LogP contribution in [0.15, 0.2) is 18.2 Å². The minimum absolute atomic E-state index is 0.204. The van der Waals surface area contributed by atoms with Gasteiger partial charge >= 0.3 is 6.09 Å². The van der Waals surface area contributed by atoms with Crippen LogP contribution in [-0.4, -0.2) is 22.7 Å². The number of benzene rings is 1. The van der Waals surface area contributed by atoms with Crippen LogP contribution >= 0.6 is 11.6 Å². The lowest BCUT2D eigenvalue weighted by atomic mass is 10.1. The number of amides is 1. The molecule has 0 aliphatic heterocycles. The Morgan fingerprint density at radius 2 is 2.26 bits per heavy atom. The Morgan fingerprint density at radius 3 is 2.95 bits per heavy atom. The lowest BCUT2D eigenvalue weighted by molar-refractivity contribution is 0.194. The van der Waals surface area contributed by atoms with Crippen molar-refractivity contribution < 1.29 is 14.3 Å². The van der Waals surface area contributed by atoms with Crippen LogP contribution in [0, 0.1) is 12.7 Å². The molecule has 0 bridgehead atoms. The van der Waals surface area contributed by atoms with Gasteiger partial charge < -0.3 is 10.4 Å². The van der Waals surface area contributed by atoms with E-state index in [-0.39, 0.29) is 17.5 Å². The molecule has 0 saturated heterocycles. The van der Waals surface area contributed by atoms with Gasteiger partial charge in [0.1, 0.15) is 11.0 Å². The highest BCUT2D eigenvalue weighted by Crippen LogP contribution is 2.25. The van der Waals surface area contributed by atoms with Crippen LogP contribution < -0.4 is 5.32 Å². The molecule has 100 valence electrons. The van der Waals surface area contributed by atoms with Gasteiger partial charge in [-0.1, -0.05) is 17.7 Å². The molecule has 0 aliphatic carbocycles. The molecule has 19 heavy (non-hydrogen) atoms. The summed E-state index contributed by atoms with van der Waals surface area (Å²) in [6.45, 7) is 2.03. The number of carboxylic acid groups (broad SMARTS) is 1. The van der Waals surface area contributed by atoms with Crippen LogP contribution in [0.25, 0.3) is 10.9 Å². The first kappa shape index (κ1) is 13.5. The number of nitrogens with zero attached hydrogens (tertiary/aromatic N) is 1.